The van der Waals surface area contributed by atoms with Gasteiger partial charge in [-0.3, -0.25) is 4.79 Å². The molecule has 2 heterocycles. The van der Waals surface area contributed by atoms with E-state index < -0.39 is 7.12 Å². The summed E-state index contributed by atoms with van der Waals surface area (Å²) < 4.78 is 12.9. The van der Waals surface area contributed by atoms with Gasteiger partial charge in [-0.2, -0.15) is 0 Å². The zero-order chi connectivity index (χ0) is 18.7. The number of amides is 1. The van der Waals surface area contributed by atoms with E-state index in [1.807, 2.05) is 0 Å². The van der Waals surface area contributed by atoms with Crippen LogP contribution in [0.25, 0.3) is 0 Å². The molecule has 1 fully saturated rings. The standard InChI is InChI=1S/C18H21BFN3O3/c1-12-16(19(25)26)6-7-17(21-12)22-15-8-9-23(11-15)18(24)10-13-2-4-14(20)5-3-13/h2-7,15,25-26H,8-11H2,1H3,(H,21,22)/t15-/m0/s1. The average molecular weight is 357 g/mol. The Morgan fingerprint density at radius 2 is 2.04 bits per heavy atom. The number of halogens is 1. The van der Waals surface area contributed by atoms with Crippen LogP contribution in [0.4, 0.5) is 10.2 Å². The normalized spacial score (nSPS) is 16.6. The number of carbonyl (C=O) groups is 1. The van der Waals surface area contributed by atoms with Crippen molar-refractivity contribution in [3.05, 3.63) is 53.5 Å². The Labute approximate surface area is 151 Å². The number of benzene rings is 1. The molecule has 0 spiro atoms. The van der Waals surface area contributed by atoms with Crippen LogP contribution in [0.2, 0.25) is 0 Å². The van der Waals surface area contributed by atoms with Gasteiger partial charge in [0.1, 0.15) is 11.6 Å². The molecular formula is C18H21BFN3O3. The minimum absolute atomic E-state index is 0.0174. The Morgan fingerprint density at radius 1 is 1.31 bits per heavy atom. The van der Waals surface area contributed by atoms with Crippen LogP contribution in [0.15, 0.2) is 36.4 Å². The van der Waals surface area contributed by atoms with Crippen molar-refractivity contribution in [1.82, 2.24) is 9.88 Å². The monoisotopic (exact) mass is 357 g/mol. The fourth-order valence-corrected chi connectivity index (χ4v) is 3.13. The number of likely N-dealkylation sites (tertiary alicyclic amines) is 1. The number of aryl methyl sites for hydroxylation is 1. The third kappa shape index (κ3) is 4.39. The number of anilines is 1. The molecule has 1 aliphatic rings. The molecule has 0 bridgehead atoms. The Morgan fingerprint density at radius 3 is 2.69 bits per heavy atom. The van der Waals surface area contributed by atoms with Crippen molar-refractivity contribution in [2.75, 3.05) is 18.4 Å². The first-order valence-corrected chi connectivity index (χ1v) is 8.55. The lowest BCUT2D eigenvalue weighted by Gasteiger charge is -2.18. The minimum atomic E-state index is -1.54. The molecule has 0 saturated carbocycles. The highest BCUT2D eigenvalue weighted by atomic mass is 19.1. The number of carbonyl (C=O) groups excluding carboxylic acids is 1. The Bertz CT molecular complexity index is 786. The summed E-state index contributed by atoms with van der Waals surface area (Å²) in [5.41, 5.74) is 1.72. The maximum atomic E-state index is 12.9. The zero-order valence-corrected chi connectivity index (χ0v) is 14.5. The highest BCUT2D eigenvalue weighted by molar-refractivity contribution is 6.59. The molecule has 0 unspecified atom stereocenters. The van der Waals surface area contributed by atoms with Crippen molar-refractivity contribution in [3.63, 3.8) is 0 Å². The van der Waals surface area contributed by atoms with Crippen LogP contribution < -0.4 is 10.8 Å². The molecular weight excluding hydrogens is 336 g/mol. The van der Waals surface area contributed by atoms with Crippen molar-refractivity contribution in [2.45, 2.75) is 25.8 Å². The van der Waals surface area contributed by atoms with E-state index in [1.54, 1.807) is 36.1 Å². The molecule has 8 heteroatoms. The number of nitrogens with one attached hydrogen (secondary N) is 1. The largest absolute Gasteiger partial charge is 0.490 e. The van der Waals surface area contributed by atoms with Gasteiger partial charge in [0.05, 0.1) is 6.42 Å². The number of aromatic nitrogens is 1. The Kier molecular flexibility index (Phi) is 5.53. The molecule has 26 heavy (non-hydrogen) atoms. The van der Waals surface area contributed by atoms with E-state index in [9.17, 15) is 19.2 Å². The number of hydrogen-bond acceptors (Lipinski definition) is 5. The summed E-state index contributed by atoms with van der Waals surface area (Å²) in [5, 5.41) is 21.8. The quantitative estimate of drug-likeness (QED) is 0.678. The molecule has 1 aromatic carbocycles. The molecule has 1 amide bonds. The second kappa shape index (κ2) is 7.84. The Balaban J connectivity index is 1.55. The van der Waals surface area contributed by atoms with E-state index in [2.05, 4.69) is 10.3 Å². The highest BCUT2D eigenvalue weighted by Crippen LogP contribution is 2.16. The molecule has 0 aliphatic carbocycles. The minimum Gasteiger partial charge on any atom is -0.423 e. The molecule has 1 atom stereocenters. The maximum absolute atomic E-state index is 12.9. The lowest BCUT2D eigenvalue weighted by Crippen LogP contribution is -2.34. The van der Waals surface area contributed by atoms with Crippen molar-refractivity contribution < 1.29 is 19.2 Å². The maximum Gasteiger partial charge on any atom is 0.490 e. The average Bonchev–Trinajstić information content (AvgIpc) is 3.05. The lowest BCUT2D eigenvalue weighted by molar-refractivity contribution is -0.129. The molecule has 2 aromatic rings. The van der Waals surface area contributed by atoms with Crippen molar-refractivity contribution in [2.24, 2.45) is 0 Å². The van der Waals surface area contributed by atoms with Crippen LogP contribution >= 0.6 is 0 Å². The molecule has 3 rings (SSSR count). The van der Waals surface area contributed by atoms with Crippen LogP contribution in [0.5, 0.6) is 0 Å². The first-order chi connectivity index (χ1) is 12.4. The van der Waals surface area contributed by atoms with Gasteiger partial charge in [0, 0.05) is 30.3 Å². The van der Waals surface area contributed by atoms with Crippen molar-refractivity contribution >= 4 is 24.3 Å². The summed E-state index contributed by atoms with van der Waals surface area (Å²) in [6, 6.07) is 9.39. The number of rotatable bonds is 5. The highest BCUT2D eigenvalue weighted by Gasteiger charge is 2.26. The first kappa shape index (κ1) is 18.3. The predicted octanol–water partition coefficient (Wildman–Crippen LogP) is 0.464. The third-order valence-corrected chi connectivity index (χ3v) is 4.57. The summed E-state index contributed by atoms with van der Waals surface area (Å²) in [5.74, 6) is 0.350. The van der Waals surface area contributed by atoms with Gasteiger partial charge in [0.25, 0.3) is 0 Å². The number of hydrogen-bond donors (Lipinski definition) is 3. The molecule has 136 valence electrons. The van der Waals surface area contributed by atoms with Gasteiger partial charge < -0.3 is 20.3 Å². The number of pyridine rings is 1. The summed E-state index contributed by atoms with van der Waals surface area (Å²) >= 11 is 0. The molecule has 1 saturated heterocycles. The van der Waals surface area contributed by atoms with Crippen LogP contribution in [-0.2, 0) is 11.2 Å². The van der Waals surface area contributed by atoms with Gasteiger partial charge in [0.15, 0.2) is 0 Å². The predicted molar refractivity (Wildman–Crippen MR) is 97.5 cm³/mol. The molecule has 6 nitrogen and oxygen atoms in total. The molecule has 1 aromatic heterocycles. The smallest absolute Gasteiger partial charge is 0.423 e. The summed E-state index contributed by atoms with van der Waals surface area (Å²) in [6.07, 6.45) is 1.06. The molecule has 0 radical (unpaired) electrons. The van der Waals surface area contributed by atoms with Crippen LogP contribution in [-0.4, -0.2) is 52.1 Å². The van der Waals surface area contributed by atoms with Gasteiger partial charge in [0.2, 0.25) is 5.91 Å². The van der Waals surface area contributed by atoms with Crippen molar-refractivity contribution in [3.8, 4) is 0 Å². The van der Waals surface area contributed by atoms with Gasteiger partial charge in [-0.05, 0) is 37.1 Å². The van der Waals surface area contributed by atoms with Crippen LogP contribution in [0.3, 0.4) is 0 Å². The zero-order valence-electron chi connectivity index (χ0n) is 14.5. The third-order valence-electron chi connectivity index (χ3n) is 4.57. The second-order valence-electron chi connectivity index (χ2n) is 6.52. The van der Waals surface area contributed by atoms with Gasteiger partial charge in [-0.25, -0.2) is 9.37 Å². The number of nitrogens with zero attached hydrogens (tertiary/aromatic N) is 2. The summed E-state index contributed by atoms with van der Waals surface area (Å²) in [7, 11) is -1.54. The second-order valence-corrected chi connectivity index (χ2v) is 6.52. The SMILES string of the molecule is Cc1nc(N[C@H]2CCN(C(=O)Cc3ccc(F)cc3)C2)ccc1B(O)O. The van der Waals surface area contributed by atoms with Gasteiger partial charge in [-0.15, -0.1) is 0 Å². The fraction of sp³-hybridized carbons (Fsp3) is 0.333. The fourth-order valence-electron chi connectivity index (χ4n) is 3.13. The van der Waals surface area contributed by atoms with E-state index in [4.69, 9.17) is 0 Å². The van der Waals surface area contributed by atoms with Gasteiger partial charge >= 0.3 is 7.12 Å². The topological polar surface area (TPSA) is 85.7 Å². The van der Waals surface area contributed by atoms with E-state index in [0.717, 1.165) is 12.0 Å². The van der Waals surface area contributed by atoms with E-state index in [1.165, 1.54) is 12.1 Å². The molecule has 1 aliphatic heterocycles. The summed E-state index contributed by atoms with van der Waals surface area (Å²) in [4.78, 5) is 18.5. The van der Waals surface area contributed by atoms with Crippen LogP contribution in [0, 0.1) is 12.7 Å². The van der Waals surface area contributed by atoms with Crippen molar-refractivity contribution in [1.29, 1.82) is 0 Å². The van der Waals surface area contributed by atoms with Crippen LogP contribution in [0.1, 0.15) is 17.7 Å². The summed E-state index contributed by atoms with van der Waals surface area (Å²) in [6.45, 7) is 2.95. The first-order valence-electron chi connectivity index (χ1n) is 8.55. The Hall–Kier alpha value is -2.45. The lowest BCUT2D eigenvalue weighted by atomic mass is 9.79. The van der Waals surface area contributed by atoms with E-state index >= 15 is 0 Å². The van der Waals surface area contributed by atoms with Gasteiger partial charge in [-0.1, -0.05) is 18.2 Å². The van der Waals surface area contributed by atoms with E-state index in [0.29, 0.717) is 30.1 Å². The molecule has 3 N–H and O–H groups in total. The van der Waals surface area contributed by atoms with E-state index in [-0.39, 0.29) is 24.2 Å².